The highest BCUT2D eigenvalue weighted by molar-refractivity contribution is 5.93. The molecule has 0 aliphatic heterocycles. The van der Waals surface area contributed by atoms with Gasteiger partial charge in [-0.05, 0) is 48.4 Å². The molecule has 3 aromatic rings. The third kappa shape index (κ3) is 4.93. The quantitative estimate of drug-likeness (QED) is 0.572. The van der Waals surface area contributed by atoms with Crippen molar-refractivity contribution in [2.75, 3.05) is 20.8 Å². The summed E-state index contributed by atoms with van der Waals surface area (Å²) in [6.45, 7) is 0.0506. The zero-order valence-corrected chi connectivity index (χ0v) is 16.5. The summed E-state index contributed by atoms with van der Waals surface area (Å²) in [5.74, 6) is -0.623. The zero-order valence-electron chi connectivity index (χ0n) is 16.5. The topological polar surface area (TPSA) is 78.3 Å². The number of hydrogen-bond donors (Lipinski definition) is 1. The number of ether oxygens (including phenoxy) is 2. The molecule has 0 bridgehead atoms. The summed E-state index contributed by atoms with van der Waals surface area (Å²) in [4.78, 5) is 12.4. The fourth-order valence-corrected chi connectivity index (χ4v) is 2.89. The molecule has 31 heavy (non-hydrogen) atoms. The third-order valence-corrected chi connectivity index (χ3v) is 4.37. The molecular weight excluding hydrogens is 420 g/mol. The Bertz CT molecular complexity index is 1070. The maximum Gasteiger partial charge on any atom is 0.435 e. The van der Waals surface area contributed by atoms with Crippen LogP contribution in [0.4, 0.5) is 17.6 Å². The predicted molar refractivity (Wildman–Crippen MR) is 102 cm³/mol. The molecule has 7 nitrogen and oxygen atoms in total. The van der Waals surface area contributed by atoms with Crippen LogP contribution >= 0.6 is 0 Å². The average Bonchev–Trinajstić information content (AvgIpc) is 3.20. The van der Waals surface area contributed by atoms with Gasteiger partial charge in [0.25, 0.3) is 5.91 Å². The Kier molecular flexibility index (Phi) is 6.42. The highest BCUT2D eigenvalue weighted by Crippen LogP contribution is 2.33. The van der Waals surface area contributed by atoms with Crippen LogP contribution in [0.5, 0.6) is 11.5 Å². The largest absolute Gasteiger partial charge is 0.493 e. The Morgan fingerprint density at radius 1 is 1.06 bits per heavy atom. The van der Waals surface area contributed by atoms with Gasteiger partial charge in [0.1, 0.15) is 5.82 Å². The van der Waals surface area contributed by atoms with Crippen LogP contribution in [0.15, 0.2) is 42.5 Å². The predicted octanol–water partition coefficient (Wildman–Crippen LogP) is 3.41. The molecule has 1 N–H and O–H groups in total. The monoisotopic (exact) mass is 438 g/mol. The molecule has 1 aromatic heterocycles. The number of hydrogen-bond acceptors (Lipinski definition) is 5. The van der Waals surface area contributed by atoms with Gasteiger partial charge in [0.15, 0.2) is 22.9 Å². The lowest BCUT2D eigenvalue weighted by Crippen LogP contribution is -2.29. The molecule has 0 saturated heterocycles. The Morgan fingerprint density at radius 3 is 2.35 bits per heavy atom. The van der Waals surface area contributed by atoms with Crippen LogP contribution in [-0.4, -0.2) is 41.7 Å². The first-order valence-corrected chi connectivity index (χ1v) is 9.02. The van der Waals surface area contributed by atoms with Gasteiger partial charge >= 0.3 is 6.18 Å². The van der Waals surface area contributed by atoms with E-state index in [-0.39, 0.29) is 12.2 Å². The van der Waals surface area contributed by atoms with E-state index in [9.17, 15) is 22.4 Å². The smallest absolute Gasteiger partial charge is 0.435 e. The van der Waals surface area contributed by atoms with Crippen molar-refractivity contribution < 1.29 is 31.8 Å². The van der Waals surface area contributed by atoms with Gasteiger partial charge in [0, 0.05) is 6.54 Å². The average molecular weight is 438 g/mol. The molecule has 0 aliphatic rings. The van der Waals surface area contributed by atoms with Crippen molar-refractivity contribution in [3.63, 3.8) is 0 Å². The lowest BCUT2D eigenvalue weighted by Gasteiger charge is -2.12. The number of halogens is 4. The van der Waals surface area contributed by atoms with Gasteiger partial charge in [-0.1, -0.05) is 11.3 Å². The number of amides is 1. The van der Waals surface area contributed by atoms with Crippen molar-refractivity contribution in [3.8, 4) is 17.2 Å². The van der Waals surface area contributed by atoms with E-state index in [0.717, 1.165) is 29.8 Å². The molecular formula is C20H18F4N4O3. The van der Waals surface area contributed by atoms with Gasteiger partial charge < -0.3 is 14.8 Å². The van der Waals surface area contributed by atoms with Crippen LogP contribution < -0.4 is 14.8 Å². The van der Waals surface area contributed by atoms with Gasteiger partial charge in [0.05, 0.1) is 19.9 Å². The molecule has 0 radical (unpaired) electrons. The lowest BCUT2D eigenvalue weighted by molar-refractivity contribution is -0.143. The summed E-state index contributed by atoms with van der Waals surface area (Å²) in [6.07, 6.45) is -4.58. The standard InChI is InChI=1S/C20H18F4N4O3/c1-30-15-8-3-12(11-16(15)31-2)9-10-25-19(29)17-18(20(22,23)24)28(27-26-17)14-6-4-13(21)5-7-14/h3-8,11H,9-10H2,1-2H3,(H,25,29). The Labute approximate surface area is 174 Å². The molecule has 0 saturated carbocycles. The number of nitrogens with one attached hydrogen (secondary N) is 1. The zero-order chi connectivity index (χ0) is 22.6. The van der Waals surface area contributed by atoms with E-state index < -0.39 is 29.3 Å². The molecule has 164 valence electrons. The second-order valence-corrected chi connectivity index (χ2v) is 6.37. The molecule has 0 fully saturated rings. The normalized spacial score (nSPS) is 11.3. The van der Waals surface area contributed by atoms with E-state index >= 15 is 0 Å². The first-order chi connectivity index (χ1) is 14.7. The third-order valence-electron chi connectivity index (χ3n) is 4.37. The van der Waals surface area contributed by atoms with E-state index in [4.69, 9.17) is 9.47 Å². The summed E-state index contributed by atoms with van der Waals surface area (Å²) in [5.41, 5.74) is -1.51. The van der Waals surface area contributed by atoms with Crippen molar-refractivity contribution in [2.45, 2.75) is 12.6 Å². The van der Waals surface area contributed by atoms with E-state index in [1.807, 2.05) is 0 Å². The fourth-order valence-electron chi connectivity index (χ4n) is 2.89. The number of carbonyl (C=O) groups is 1. The fraction of sp³-hybridized carbons (Fsp3) is 0.250. The van der Waals surface area contributed by atoms with Gasteiger partial charge in [-0.2, -0.15) is 13.2 Å². The number of carbonyl (C=O) groups excluding carboxylic acids is 1. The summed E-state index contributed by atoms with van der Waals surface area (Å²) < 4.78 is 64.8. The van der Waals surface area contributed by atoms with Crippen LogP contribution in [0.25, 0.3) is 5.69 Å². The minimum atomic E-state index is -4.91. The maximum atomic E-state index is 13.6. The molecule has 1 heterocycles. The molecule has 1 amide bonds. The number of rotatable bonds is 7. The van der Waals surface area contributed by atoms with E-state index in [1.165, 1.54) is 14.2 Å². The second kappa shape index (κ2) is 9.02. The van der Waals surface area contributed by atoms with Crippen LogP contribution in [0.3, 0.4) is 0 Å². The van der Waals surface area contributed by atoms with Crippen molar-refractivity contribution in [1.29, 1.82) is 0 Å². The van der Waals surface area contributed by atoms with Crippen LogP contribution in [0.1, 0.15) is 21.7 Å². The highest BCUT2D eigenvalue weighted by Gasteiger charge is 2.41. The summed E-state index contributed by atoms with van der Waals surface area (Å²) in [7, 11) is 2.97. The van der Waals surface area contributed by atoms with Gasteiger partial charge in [-0.15, -0.1) is 5.10 Å². The van der Waals surface area contributed by atoms with Gasteiger partial charge in [0.2, 0.25) is 0 Å². The van der Waals surface area contributed by atoms with Crippen LogP contribution in [-0.2, 0) is 12.6 Å². The van der Waals surface area contributed by atoms with Gasteiger partial charge in [-0.25, -0.2) is 9.07 Å². The number of aromatic nitrogens is 3. The van der Waals surface area contributed by atoms with Crippen LogP contribution in [0, 0.1) is 5.82 Å². The highest BCUT2D eigenvalue weighted by atomic mass is 19.4. The van der Waals surface area contributed by atoms with E-state index in [2.05, 4.69) is 15.6 Å². The minimum absolute atomic E-state index is 0.0506. The van der Waals surface area contributed by atoms with Crippen molar-refractivity contribution in [1.82, 2.24) is 20.3 Å². The molecule has 3 rings (SSSR count). The molecule has 0 spiro atoms. The summed E-state index contributed by atoms with van der Waals surface area (Å²) in [5, 5.41) is 9.27. The van der Waals surface area contributed by atoms with Crippen LogP contribution in [0.2, 0.25) is 0 Å². The summed E-state index contributed by atoms with van der Waals surface area (Å²) >= 11 is 0. The SMILES string of the molecule is COc1ccc(CCNC(=O)c2nnn(-c3ccc(F)cc3)c2C(F)(F)F)cc1OC. The Morgan fingerprint density at radius 2 is 1.74 bits per heavy atom. The minimum Gasteiger partial charge on any atom is -0.493 e. The molecule has 11 heteroatoms. The first kappa shape index (κ1) is 22.1. The number of benzene rings is 2. The Balaban J connectivity index is 1.77. The Hall–Kier alpha value is -3.63. The summed E-state index contributed by atoms with van der Waals surface area (Å²) in [6, 6.07) is 9.33. The number of alkyl halides is 3. The second-order valence-electron chi connectivity index (χ2n) is 6.37. The molecule has 0 unspecified atom stereocenters. The number of nitrogens with zero attached hydrogens (tertiary/aromatic N) is 3. The lowest BCUT2D eigenvalue weighted by atomic mass is 10.1. The van der Waals surface area contributed by atoms with Crippen molar-refractivity contribution in [2.24, 2.45) is 0 Å². The molecule has 0 aliphatic carbocycles. The molecule has 0 atom stereocenters. The van der Waals surface area contributed by atoms with Crippen molar-refractivity contribution >= 4 is 5.91 Å². The number of methoxy groups -OCH3 is 2. The molecule has 2 aromatic carbocycles. The first-order valence-electron chi connectivity index (χ1n) is 9.02. The van der Waals surface area contributed by atoms with Gasteiger partial charge in [-0.3, -0.25) is 4.79 Å². The van der Waals surface area contributed by atoms with Crippen molar-refractivity contribution in [3.05, 3.63) is 65.2 Å². The maximum absolute atomic E-state index is 13.6. The van der Waals surface area contributed by atoms with E-state index in [1.54, 1.807) is 18.2 Å². The van der Waals surface area contributed by atoms with E-state index in [0.29, 0.717) is 22.6 Å².